The van der Waals surface area contributed by atoms with Gasteiger partial charge in [0, 0.05) is 6.54 Å². The second-order valence-electron chi connectivity index (χ2n) is 8.34. The van der Waals surface area contributed by atoms with Crippen LogP contribution in [0.2, 0.25) is 0 Å². The summed E-state index contributed by atoms with van der Waals surface area (Å²) in [4.78, 5) is 24.4. The Morgan fingerprint density at radius 1 is 1.29 bits per heavy atom. The summed E-state index contributed by atoms with van der Waals surface area (Å²) in [6.07, 6.45) is 5.91. The Labute approximate surface area is 182 Å². The molecule has 3 amide bonds. The second kappa shape index (κ2) is 9.80. The van der Waals surface area contributed by atoms with Crippen LogP contribution in [0.3, 0.4) is 0 Å². The van der Waals surface area contributed by atoms with Crippen LogP contribution in [0.15, 0.2) is 30.4 Å². The SMILES string of the molecule is C[C@@H](CS(=O)(=O)CC/C=C/CN1C(=O)NC(=O)[C@@H]1C)c1ccc(F)c(OCC2CC2)c1. The summed E-state index contributed by atoms with van der Waals surface area (Å²) in [6.45, 7) is 4.17. The number of sulfone groups is 1. The highest BCUT2D eigenvalue weighted by molar-refractivity contribution is 7.91. The number of hydrogen-bond donors (Lipinski definition) is 1. The third-order valence-corrected chi connectivity index (χ3v) is 7.47. The minimum absolute atomic E-state index is 0.0270. The van der Waals surface area contributed by atoms with Gasteiger partial charge >= 0.3 is 6.03 Å². The van der Waals surface area contributed by atoms with Gasteiger partial charge in [0.2, 0.25) is 0 Å². The van der Waals surface area contributed by atoms with E-state index in [9.17, 15) is 22.4 Å². The molecule has 0 aromatic heterocycles. The average molecular weight is 453 g/mol. The van der Waals surface area contributed by atoms with Crippen molar-refractivity contribution in [2.24, 2.45) is 5.92 Å². The molecule has 9 heteroatoms. The number of hydrogen-bond acceptors (Lipinski definition) is 5. The van der Waals surface area contributed by atoms with Gasteiger partial charge in [0.25, 0.3) is 5.91 Å². The molecule has 1 aromatic rings. The highest BCUT2D eigenvalue weighted by atomic mass is 32.2. The van der Waals surface area contributed by atoms with Gasteiger partial charge in [0.1, 0.15) is 6.04 Å². The molecule has 2 aliphatic rings. The van der Waals surface area contributed by atoms with Crippen LogP contribution in [0, 0.1) is 11.7 Å². The third kappa shape index (κ3) is 6.53. The van der Waals surface area contributed by atoms with Crippen molar-refractivity contribution < 1.29 is 27.1 Å². The molecule has 3 rings (SSSR count). The van der Waals surface area contributed by atoms with Gasteiger partial charge in [-0.3, -0.25) is 10.1 Å². The molecular formula is C22H29FN2O5S. The fraction of sp³-hybridized carbons (Fsp3) is 0.545. The van der Waals surface area contributed by atoms with Gasteiger partial charge in [-0.05, 0) is 55.7 Å². The Morgan fingerprint density at radius 2 is 2.03 bits per heavy atom. The van der Waals surface area contributed by atoms with Crippen LogP contribution in [-0.2, 0) is 14.6 Å². The molecule has 7 nitrogen and oxygen atoms in total. The standard InChI is InChI=1S/C22H29FN2O5S/c1-15(18-8-9-19(23)20(12-18)30-13-17-6-7-17)14-31(28,29)11-5-3-4-10-25-16(2)21(26)24-22(25)27/h3-4,8-9,12,15-17H,5-7,10-11,13-14H2,1-2H3,(H,24,26,27)/b4-3+/t15-,16-/m0/s1. The lowest BCUT2D eigenvalue weighted by Crippen LogP contribution is -2.32. The molecule has 0 radical (unpaired) electrons. The topological polar surface area (TPSA) is 92.8 Å². The Balaban J connectivity index is 1.48. The zero-order chi connectivity index (χ0) is 22.6. The molecule has 0 spiro atoms. The van der Waals surface area contributed by atoms with E-state index >= 15 is 0 Å². The number of nitrogens with one attached hydrogen (secondary N) is 1. The number of imide groups is 1. The summed E-state index contributed by atoms with van der Waals surface area (Å²) in [5, 5.41) is 2.23. The van der Waals surface area contributed by atoms with Crippen LogP contribution < -0.4 is 10.1 Å². The van der Waals surface area contributed by atoms with E-state index in [0.29, 0.717) is 18.9 Å². The number of urea groups is 1. The van der Waals surface area contributed by atoms with Crippen LogP contribution in [0.5, 0.6) is 5.75 Å². The van der Waals surface area contributed by atoms with Gasteiger partial charge < -0.3 is 9.64 Å². The summed E-state index contributed by atoms with van der Waals surface area (Å²) in [5.74, 6) is -0.468. The van der Waals surface area contributed by atoms with E-state index in [4.69, 9.17) is 4.74 Å². The zero-order valence-electron chi connectivity index (χ0n) is 17.8. The first kappa shape index (κ1) is 23.2. The summed E-state index contributed by atoms with van der Waals surface area (Å²) in [7, 11) is -3.33. The lowest BCUT2D eigenvalue weighted by molar-refractivity contribution is -0.120. The Hall–Kier alpha value is -2.42. The molecule has 1 N–H and O–H groups in total. The molecule has 1 heterocycles. The number of carbonyl (C=O) groups excluding carboxylic acids is 2. The molecule has 170 valence electrons. The van der Waals surface area contributed by atoms with E-state index in [1.807, 2.05) is 0 Å². The average Bonchev–Trinajstić information content (AvgIpc) is 3.49. The smallest absolute Gasteiger partial charge is 0.325 e. The number of halogens is 1. The summed E-state index contributed by atoms with van der Waals surface area (Å²) >= 11 is 0. The van der Waals surface area contributed by atoms with E-state index in [2.05, 4.69) is 5.32 Å². The monoisotopic (exact) mass is 452 g/mol. The van der Waals surface area contributed by atoms with Crippen molar-refractivity contribution in [3.05, 3.63) is 41.7 Å². The van der Waals surface area contributed by atoms with E-state index < -0.39 is 27.7 Å². The van der Waals surface area contributed by atoms with Gasteiger partial charge in [-0.25, -0.2) is 17.6 Å². The highest BCUT2D eigenvalue weighted by Crippen LogP contribution is 2.31. The molecule has 31 heavy (non-hydrogen) atoms. The molecule has 1 saturated heterocycles. The van der Waals surface area contributed by atoms with Gasteiger partial charge in [-0.2, -0.15) is 0 Å². The number of allylic oxidation sites excluding steroid dienone is 1. The van der Waals surface area contributed by atoms with Crippen LogP contribution in [0.1, 0.15) is 44.6 Å². The molecule has 1 saturated carbocycles. The van der Waals surface area contributed by atoms with Crippen LogP contribution in [0.25, 0.3) is 0 Å². The third-order valence-electron chi connectivity index (χ3n) is 5.60. The number of benzene rings is 1. The van der Waals surface area contributed by atoms with Crippen LogP contribution in [0.4, 0.5) is 9.18 Å². The molecule has 0 unspecified atom stereocenters. The van der Waals surface area contributed by atoms with Crippen molar-refractivity contribution in [3.8, 4) is 5.75 Å². The molecule has 1 aromatic carbocycles. The first-order valence-corrected chi connectivity index (χ1v) is 12.4. The highest BCUT2D eigenvalue weighted by Gasteiger charge is 2.33. The van der Waals surface area contributed by atoms with E-state index in [-0.39, 0.29) is 35.6 Å². The van der Waals surface area contributed by atoms with E-state index in [1.165, 1.54) is 11.0 Å². The Bertz CT molecular complexity index is 959. The van der Waals surface area contributed by atoms with Crippen LogP contribution in [-0.4, -0.2) is 56.0 Å². The van der Waals surface area contributed by atoms with Crippen molar-refractivity contribution in [2.45, 2.75) is 45.1 Å². The van der Waals surface area contributed by atoms with Crippen molar-refractivity contribution in [3.63, 3.8) is 0 Å². The number of nitrogens with zero attached hydrogens (tertiary/aromatic N) is 1. The van der Waals surface area contributed by atoms with Gasteiger partial charge in [0.15, 0.2) is 21.4 Å². The molecular weight excluding hydrogens is 423 g/mol. The maximum atomic E-state index is 14.0. The summed E-state index contributed by atoms with van der Waals surface area (Å²) < 4.78 is 44.5. The maximum absolute atomic E-state index is 14.0. The fourth-order valence-electron chi connectivity index (χ4n) is 3.38. The molecule has 0 bridgehead atoms. The minimum Gasteiger partial charge on any atom is -0.490 e. The largest absolute Gasteiger partial charge is 0.490 e. The van der Waals surface area contributed by atoms with Gasteiger partial charge in [0.05, 0.1) is 18.1 Å². The molecule has 1 aliphatic heterocycles. The minimum atomic E-state index is -3.33. The molecule has 2 fully saturated rings. The lowest BCUT2D eigenvalue weighted by atomic mass is 10.0. The quantitative estimate of drug-likeness (QED) is 0.412. The zero-order valence-corrected chi connectivity index (χ0v) is 18.7. The normalized spacial score (nSPS) is 20.4. The maximum Gasteiger partial charge on any atom is 0.325 e. The molecule has 1 aliphatic carbocycles. The Morgan fingerprint density at radius 3 is 2.68 bits per heavy atom. The van der Waals surface area contributed by atoms with Crippen molar-refractivity contribution >= 4 is 21.8 Å². The van der Waals surface area contributed by atoms with E-state index in [1.54, 1.807) is 38.1 Å². The first-order valence-electron chi connectivity index (χ1n) is 10.6. The number of rotatable bonds is 11. The van der Waals surface area contributed by atoms with Crippen LogP contribution >= 0.6 is 0 Å². The Kier molecular flexibility index (Phi) is 7.35. The van der Waals surface area contributed by atoms with Gasteiger partial charge in [-0.15, -0.1) is 0 Å². The lowest BCUT2D eigenvalue weighted by Gasteiger charge is -2.16. The van der Waals surface area contributed by atoms with E-state index in [0.717, 1.165) is 18.4 Å². The number of carbonyl (C=O) groups is 2. The predicted molar refractivity (Wildman–Crippen MR) is 115 cm³/mol. The molecule has 2 atom stereocenters. The van der Waals surface area contributed by atoms with Crippen molar-refractivity contribution in [1.82, 2.24) is 10.2 Å². The summed E-state index contributed by atoms with van der Waals surface area (Å²) in [5.41, 5.74) is 0.727. The van der Waals surface area contributed by atoms with Gasteiger partial charge in [-0.1, -0.05) is 25.1 Å². The number of amides is 3. The predicted octanol–water partition coefficient (Wildman–Crippen LogP) is 3.02. The summed E-state index contributed by atoms with van der Waals surface area (Å²) in [6, 6.07) is 3.55. The number of ether oxygens (including phenoxy) is 1. The van der Waals surface area contributed by atoms with Crippen molar-refractivity contribution in [1.29, 1.82) is 0 Å². The van der Waals surface area contributed by atoms with Crippen molar-refractivity contribution in [2.75, 3.05) is 24.7 Å². The first-order chi connectivity index (χ1) is 14.7. The fourth-order valence-corrected chi connectivity index (χ4v) is 5.00. The second-order valence-corrected chi connectivity index (χ2v) is 10.6.